The van der Waals surface area contributed by atoms with Crippen molar-refractivity contribution >= 4 is 0 Å². The Kier molecular flexibility index (Phi) is 7.87. The molecule has 0 saturated carbocycles. The van der Waals surface area contributed by atoms with Crippen LogP contribution in [0.15, 0.2) is 0 Å². The van der Waals surface area contributed by atoms with Crippen molar-refractivity contribution in [2.24, 2.45) is 0 Å². The van der Waals surface area contributed by atoms with Gasteiger partial charge in [-0.2, -0.15) is 0 Å². The van der Waals surface area contributed by atoms with Crippen molar-refractivity contribution in [3.05, 3.63) is 0 Å². The zero-order chi connectivity index (χ0) is 12.5. The van der Waals surface area contributed by atoms with Crippen LogP contribution in [0.4, 0.5) is 0 Å². The third kappa shape index (κ3) is 4.97. The van der Waals surface area contributed by atoms with Gasteiger partial charge in [0.2, 0.25) is 0 Å². The van der Waals surface area contributed by atoms with Gasteiger partial charge in [-0.1, -0.05) is 46.5 Å². The molecular formula is C15H32N2. The molecule has 0 aromatic rings. The fourth-order valence-electron chi connectivity index (χ4n) is 2.78. The molecule has 1 aliphatic heterocycles. The molecule has 0 N–H and O–H groups in total. The summed E-state index contributed by atoms with van der Waals surface area (Å²) in [6, 6.07) is 0. The highest BCUT2D eigenvalue weighted by atomic mass is 15.4. The van der Waals surface area contributed by atoms with Crippen LogP contribution < -0.4 is 0 Å². The van der Waals surface area contributed by atoms with E-state index >= 15 is 0 Å². The van der Waals surface area contributed by atoms with E-state index in [4.69, 9.17) is 0 Å². The van der Waals surface area contributed by atoms with Gasteiger partial charge < -0.3 is 0 Å². The van der Waals surface area contributed by atoms with E-state index in [1.54, 1.807) is 0 Å². The second-order valence-electron chi connectivity index (χ2n) is 5.40. The highest BCUT2D eigenvalue weighted by molar-refractivity contribution is 4.81. The summed E-state index contributed by atoms with van der Waals surface area (Å²) in [4.78, 5) is 5.46. The molecule has 1 fully saturated rings. The molecule has 2 heteroatoms. The van der Waals surface area contributed by atoms with Crippen LogP contribution in [-0.2, 0) is 0 Å². The lowest BCUT2D eigenvalue weighted by Crippen LogP contribution is -2.39. The third-order valence-electron chi connectivity index (χ3n) is 3.93. The number of hydrogen-bond donors (Lipinski definition) is 0. The molecule has 0 spiro atoms. The van der Waals surface area contributed by atoms with Gasteiger partial charge in [0.15, 0.2) is 0 Å². The topological polar surface area (TPSA) is 6.48 Å². The monoisotopic (exact) mass is 240 g/mol. The molecule has 0 aliphatic carbocycles. The highest BCUT2D eigenvalue weighted by Crippen LogP contribution is 2.21. The Balaban J connectivity index is 2.41. The maximum atomic E-state index is 2.73. The third-order valence-corrected chi connectivity index (χ3v) is 3.93. The second kappa shape index (κ2) is 8.93. The summed E-state index contributed by atoms with van der Waals surface area (Å²) < 4.78 is 0. The predicted molar refractivity (Wildman–Crippen MR) is 76.3 cm³/mol. The standard InChI is InChI=1S/C15H32N2/c1-4-7-10-15-16(11-8-5-2)13-14-17(15)12-9-6-3/h15H,4-14H2,1-3H3. The van der Waals surface area contributed by atoms with E-state index in [9.17, 15) is 0 Å². The summed E-state index contributed by atoms with van der Waals surface area (Å²) >= 11 is 0. The van der Waals surface area contributed by atoms with Gasteiger partial charge in [-0.15, -0.1) is 0 Å². The van der Waals surface area contributed by atoms with Crippen molar-refractivity contribution in [1.82, 2.24) is 9.80 Å². The maximum absolute atomic E-state index is 2.73. The van der Waals surface area contributed by atoms with Crippen LogP contribution in [-0.4, -0.2) is 42.1 Å². The molecule has 2 nitrogen and oxygen atoms in total. The van der Waals surface area contributed by atoms with Crippen LogP contribution in [0.25, 0.3) is 0 Å². The molecular weight excluding hydrogens is 208 g/mol. The minimum atomic E-state index is 0.757. The predicted octanol–water partition coefficient (Wildman–Crippen LogP) is 3.72. The molecule has 1 heterocycles. The molecule has 0 atom stereocenters. The minimum absolute atomic E-state index is 0.757. The Bertz CT molecular complexity index is 166. The van der Waals surface area contributed by atoms with E-state index in [2.05, 4.69) is 30.6 Å². The van der Waals surface area contributed by atoms with Crippen molar-refractivity contribution < 1.29 is 0 Å². The summed E-state index contributed by atoms with van der Waals surface area (Å²) in [7, 11) is 0. The first-order chi connectivity index (χ1) is 8.33. The van der Waals surface area contributed by atoms with Crippen molar-refractivity contribution in [3.8, 4) is 0 Å². The molecule has 0 bridgehead atoms. The van der Waals surface area contributed by atoms with Gasteiger partial charge in [0.05, 0.1) is 6.17 Å². The summed E-state index contributed by atoms with van der Waals surface area (Å²) in [6.45, 7) is 12.1. The lowest BCUT2D eigenvalue weighted by atomic mass is 10.2. The van der Waals surface area contributed by atoms with E-state index in [1.165, 1.54) is 71.1 Å². The lowest BCUT2D eigenvalue weighted by Gasteiger charge is -2.30. The SMILES string of the molecule is CCCCC1N(CCCC)CCN1CCCC. The van der Waals surface area contributed by atoms with Gasteiger partial charge in [0.25, 0.3) is 0 Å². The maximum Gasteiger partial charge on any atom is 0.0623 e. The zero-order valence-electron chi connectivity index (χ0n) is 12.2. The second-order valence-corrected chi connectivity index (χ2v) is 5.40. The molecule has 0 aromatic heterocycles. The molecule has 1 aliphatic rings. The molecule has 0 aromatic carbocycles. The van der Waals surface area contributed by atoms with Gasteiger partial charge in [-0.3, -0.25) is 9.80 Å². The average molecular weight is 240 g/mol. The van der Waals surface area contributed by atoms with Gasteiger partial charge in [0.1, 0.15) is 0 Å². The first-order valence-corrected chi connectivity index (χ1v) is 7.81. The molecule has 17 heavy (non-hydrogen) atoms. The summed E-state index contributed by atoms with van der Waals surface area (Å²) in [5.41, 5.74) is 0. The largest absolute Gasteiger partial charge is 0.287 e. The van der Waals surface area contributed by atoms with Crippen LogP contribution in [0.1, 0.15) is 65.7 Å². The van der Waals surface area contributed by atoms with Crippen molar-refractivity contribution in [2.45, 2.75) is 71.9 Å². The Labute approximate surface area is 108 Å². The lowest BCUT2D eigenvalue weighted by molar-refractivity contribution is 0.122. The quantitative estimate of drug-likeness (QED) is 0.606. The molecule has 1 rings (SSSR count). The molecule has 0 radical (unpaired) electrons. The smallest absolute Gasteiger partial charge is 0.0623 e. The van der Waals surface area contributed by atoms with E-state index < -0.39 is 0 Å². The van der Waals surface area contributed by atoms with Crippen LogP contribution in [0.2, 0.25) is 0 Å². The van der Waals surface area contributed by atoms with Crippen molar-refractivity contribution in [3.63, 3.8) is 0 Å². The minimum Gasteiger partial charge on any atom is -0.287 e. The fraction of sp³-hybridized carbons (Fsp3) is 1.00. The number of nitrogens with zero attached hydrogens (tertiary/aromatic N) is 2. The Morgan fingerprint density at radius 1 is 0.765 bits per heavy atom. The fourth-order valence-corrected chi connectivity index (χ4v) is 2.78. The average Bonchev–Trinajstić information content (AvgIpc) is 2.73. The summed E-state index contributed by atoms with van der Waals surface area (Å²) in [6.07, 6.45) is 10.2. The van der Waals surface area contributed by atoms with Gasteiger partial charge in [-0.05, 0) is 32.4 Å². The van der Waals surface area contributed by atoms with E-state index in [0.717, 1.165) is 6.17 Å². The number of rotatable bonds is 9. The Morgan fingerprint density at radius 3 is 1.65 bits per heavy atom. The van der Waals surface area contributed by atoms with Crippen molar-refractivity contribution in [1.29, 1.82) is 0 Å². The van der Waals surface area contributed by atoms with Crippen LogP contribution in [0, 0.1) is 0 Å². The normalized spacial score (nSPS) is 19.2. The van der Waals surface area contributed by atoms with E-state index in [1.807, 2.05) is 0 Å². The number of hydrogen-bond acceptors (Lipinski definition) is 2. The van der Waals surface area contributed by atoms with E-state index in [-0.39, 0.29) is 0 Å². The Hall–Kier alpha value is -0.0800. The van der Waals surface area contributed by atoms with Crippen molar-refractivity contribution in [2.75, 3.05) is 26.2 Å². The number of unbranched alkanes of at least 4 members (excludes halogenated alkanes) is 3. The first-order valence-electron chi connectivity index (χ1n) is 7.81. The van der Waals surface area contributed by atoms with Crippen LogP contribution in [0.3, 0.4) is 0 Å². The van der Waals surface area contributed by atoms with Gasteiger partial charge >= 0.3 is 0 Å². The summed E-state index contributed by atoms with van der Waals surface area (Å²) in [5.74, 6) is 0. The highest BCUT2D eigenvalue weighted by Gasteiger charge is 2.29. The van der Waals surface area contributed by atoms with Gasteiger partial charge in [0, 0.05) is 13.1 Å². The molecule has 102 valence electrons. The molecule has 0 unspecified atom stereocenters. The van der Waals surface area contributed by atoms with E-state index in [0.29, 0.717) is 0 Å². The van der Waals surface area contributed by atoms with Crippen LogP contribution >= 0.6 is 0 Å². The van der Waals surface area contributed by atoms with Gasteiger partial charge in [-0.25, -0.2) is 0 Å². The Morgan fingerprint density at radius 2 is 1.24 bits per heavy atom. The summed E-state index contributed by atoms with van der Waals surface area (Å²) in [5, 5.41) is 0. The first kappa shape index (κ1) is 15.0. The molecule has 1 saturated heterocycles. The molecule has 0 amide bonds. The van der Waals surface area contributed by atoms with Crippen LogP contribution in [0.5, 0.6) is 0 Å². The zero-order valence-corrected chi connectivity index (χ0v) is 12.2.